The van der Waals surface area contributed by atoms with Crippen molar-refractivity contribution in [2.24, 2.45) is 7.05 Å². The lowest BCUT2D eigenvalue weighted by molar-refractivity contribution is -0.660. The topological polar surface area (TPSA) is 50.0 Å². The Hall–Kier alpha value is -3.94. The number of furan rings is 1. The van der Waals surface area contributed by atoms with Crippen LogP contribution in [0.2, 0.25) is 0 Å². The van der Waals surface area contributed by atoms with Gasteiger partial charge < -0.3 is 9.15 Å². The highest BCUT2D eigenvalue weighted by Crippen LogP contribution is 2.42. The zero-order valence-corrected chi connectivity index (χ0v) is 22.5. The van der Waals surface area contributed by atoms with Crippen LogP contribution in [0, 0.1) is 18.3 Å². The monoisotopic (exact) mass is 501 g/mol. The van der Waals surface area contributed by atoms with Gasteiger partial charge in [-0.25, -0.2) is 4.57 Å². The average molecular weight is 502 g/mol. The van der Waals surface area contributed by atoms with Crippen molar-refractivity contribution in [2.75, 3.05) is 13.2 Å². The Labute approximate surface area is 224 Å². The molecular weight excluding hydrogens is 468 g/mol. The van der Waals surface area contributed by atoms with Gasteiger partial charge in [-0.05, 0) is 66.0 Å². The second kappa shape index (κ2) is 9.74. The number of ether oxygens (including phenoxy) is 1. The highest BCUT2D eigenvalue weighted by Gasteiger charge is 2.24. The van der Waals surface area contributed by atoms with Gasteiger partial charge in [0.2, 0.25) is 5.69 Å². The van der Waals surface area contributed by atoms with E-state index in [0.717, 1.165) is 75.9 Å². The van der Waals surface area contributed by atoms with Gasteiger partial charge in [0.15, 0.2) is 6.20 Å². The fourth-order valence-corrected chi connectivity index (χ4v) is 5.85. The fourth-order valence-electron chi connectivity index (χ4n) is 5.85. The first-order valence-corrected chi connectivity index (χ1v) is 13.5. The summed E-state index contributed by atoms with van der Waals surface area (Å²) in [5.41, 5.74) is 10.2. The number of benzene rings is 3. The second-order valence-corrected chi connectivity index (χ2v) is 10.8. The molecule has 3 aromatic carbocycles. The van der Waals surface area contributed by atoms with E-state index in [1.807, 2.05) is 12.1 Å². The largest absolute Gasteiger partial charge is 0.454 e. The van der Waals surface area contributed by atoms with E-state index in [1.54, 1.807) is 0 Å². The average Bonchev–Trinajstić information content (AvgIpc) is 3.32. The molecular formula is C34H33N2O2+. The third kappa shape index (κ3) is 4.08. The molecule has 0 amide bonds. The number of hydrogen-bond donors (Lipinski definition) is 0. The summed E-state index contributed by atoms with van der Waals surface area (Å²) in [7, 11) is 2.08. The maximum absolute atomic E-state index is 10.1. The molecule has 1 fully saturated rings. The van der Waals surface area contributed by atoms with E-state index in [0.29, 0.717) is 17.4 Å². The molecule has 0 bridgehead atoms. The predicted molar refractivity (Wildman–Crippen MR) is 152 cm³/mol. The van der Waals surface area contributed by atoms with E-state index in [4.69, 9.17) is 9.15 Å². The molecule has 3 heterocycles. The van der Waals surface area contributed by atoms with Crippen molar-refractivity contribution in [3.05, 3.63) is 89.1 Å². The number of aryl methyl sites for hydroxylation is 2. The van der Waals surface area contributed by atoms with Crippen LogP contribution in [0.3, 0.4) is 0 Å². The molecule has 0 atom stereocenters. The summed E-state index contributed by atoms with van der Waals surface area (Å²) in [6, 6.07) is 23.9. The minimum atomic E-state index is 0.430. The Bertz CT molecular complexity index is 1700. The van der Waals surface area contributed by atoms with Crippen LogP contribution in [0.1, 0.15) is 60.8 Å². The summed E-state index contributed by atoms with van der Waals surface area (Å²) in [6.45, 7) is 8.22. The first-order chi connectivity index (χ1) is 18.5. The maximum Gasteiger partial charge on any atom is 0.216 e. The molecule has 2 aromatic heterocycles. The zero-order valence-electron chi connectivity index (χ0n) is 22.5. The Balaban J connectivity index is 1.56. The van der Waals surface area contributed by atoms with Crippen LogP contribution in [0.4, 0.5) is 0 Å². The van der Waals surface area contributed by atoms with Gasteiger partial charge >= 0.3 is 0 Å². The number of pyridine rings is 1. The minimum Gasteiger partial charge on any atom is -0.454 e. The summed E-state index contributed by atoms with van der Waals surface area (Å²) >= 11 is 0. The van der Waals surface area contributed by atoms with Crippen molar-refractivity contribution < 1.29 is 13.7 Å². The first-order valence-electron chi connectivity index (χ1n) is 13.5. The number of fused-ring (bicyclic) bond motifs is 3. The van der Waals surface area contributed by atoms with E-state index in [-0.39, 0.29) is 0 Å². The number of rotatable bonds is 4. The summed E-state index contributed by atoms with van der Waals surface area (Å²) in [5.74, 6) is 0.960. The number of aromatic nitrogens is 1. The van der Waals surface area contributed by atoms with Gasteiger partial charge in [0.25, 0.3) is 0 Å². The van der Waals surface area contributed by atoms with Gasteiger partial charge in [-0.3, -0.25) is 0 Å². The van der Waals surface area contributed by atoms with Crippen molar-refractivity contribution in [2.45, 2.75) is 45.4 Å². The van der Waals surface area contributed by atoms with Gasteiger partial charge in [-0.2, -0.15) is 5.26 Å². The maximum atomic E-state index is 10.1. The van der Waals surface area contributed by atoms with E-state index in [1.165, 1.54) is 11.1 Å². The van der Waals surface area contributed by atoms with Crippen LogP contribution in [0.15, 0.2) is 71.3 Å². The minimum absolute atomic E-state index is 0.430. The standard InChI is InChI=1S/C34H33N2O2/c1-21(2)26-13-16-36(4)30(19-26)31-22(3)5-11-28-29-12-10-27(20-35)32(34(29)38-33(28)31)25-8-6-23(7-9-25)24-14-17-37-18-15-24/h5-13,16,19,21,24H,14-15,17-18H2,1-4H3/q+1. The van der Waals surface area contributed by atoms with Crippen molar-refractivity contribution >= 4 is 21.9 Å². The number of nitrogens with zero attached hydrogens (tertiary/aromatic N) is 2. The third-order valence-electron chi connectivity index (χ3n) is 8.13. The van der Waals surface area contributed by atoms with Crippen LogP contribution < -0.4 is 4.57 Å². The summed E-state index contributed by atoms with van der Waals surface area (Å²) < 4.78 is 14.5. The Morgan fingerprint density at radius 2 is 1.58 bits per heavy atom. The molecule has 0 spiro atoms. The molecule has 0 N–H and O–H groups in total. The Kier molecular flexibility index (Phi) is 6.26. The van der Waals surface area contributed by atoms with Crippen molar-refractivity contribution in [3.63, 3.8) is 0 Å². The molecule has 190 valence electrons. The van der Waals surface area contributed by atoms with E-state index < -0.39 is 0 Å². The molecule has 1 aliphatic rings. The molecule has 0 aliphatic carbocycles. The van der Waals surface area contributed by atoms with Crippen LogP contribution >= 0.6 is 0 Å². The third-order valence-corrected chi connectivity index (χ3v) is 8.13. The van der Waals surface area contributed by atoms with Crippen LogP contribution in [-0.2, 0) is 11.8 Å². The second-order valence-electron chi connectivity index (χ2n) is 10.8. The summed E-state index contributed by atoms with van der Waals surface area (Å²) in [6.07, 6.45) is 4.24. The first kappa shape index (κ1) is 24.4. The molecule has 38 heavy (non-hydrogen) atoms. The van der Waals surface area contributed by atoms with E-state index in [9.17, 15) is 5.26 Å². The quantitative estimate of drug-likeness (QED) is 0.235. The molecule has 0 saturated carbocycles. The lowest BCUT2D eigenvalue weighted by Crippen LogP contribution is -2.31. The molecule has 1 saturated heterocycles. The van der Waals surface area contributed by atoms with E-state index >= 15 is 0 Å². The highest BCUT2D eigenvalue weighted by atomic mass is 16.5. The Morgan fingerprint density at radius 1 is 0.895 bits per heavy atom. The fraction of sp³-hybridized carbons (Fsp3) is 0.294. The normalized spacial score (nSPS) is 14.4. The van der Waals surface area contributed by atoms with Gasteiger partial charge in [-0.15, -0.1) is 0 Å². The summed E-state index contributed by atoms with van der Waals surface area (Å²) in [4.78, 5) is 0. The molecule has 0 unspecified atom stereocenters. The van der Waals surface area contributed by atoms with Gasteiger partial charge in [-0.1, -0.05) is 50.2 Å². The molecule has 4 nitrogen and oxygen atoms in total. The van der Waals surface area contributed by atoms with Gasteiger partial charge in [0, 0.05) is 41.7 Å². The van der Waals surface area contributed by atoms with E-state index in [2.05, 4.69) is 93.2 Å². The molecule has 1 aliphatic heterocycles. The molecule has 6 rings (SSSR count). The van der Waals surface area contributed by atoms with Gasteiger partial charge in [0.1, 0.15) is 18.2 Å². The summed E-state index contributed by atoms with van der Waals surface area (Å²) in [5, 5.41) is 12.2. The molecule has 5 aromatic rings. The SMILES string of the molecule is Cc1ccc2c(oc3c(-c4ccc(C5CCOCC5)cc4)c(C#N)ccc32)c1-c1cc(C(C)C)cc[n+]1C. The molecule has 4 heteroatoms. The smallest absolute Gasteiger partial charge is 0.216 e. The van der Waals surface area contributed by atoms with Gasteiger partial charge in [0.05, 0.1) is 17.2 Å². The lowest BCUT2D eigenvalue weighted by atomic mass is 9.89. The van der Waals surface area contributed by atoms with Crippen LogP contribution in [0.5, 0.6) is 0 Å². The van der Waals surface area contributed by atoms with Crippen molar-refractivity contribution in [3.8, 4) is 28.5 Å². The Morgan fingerprint density at radius 3 is 2.26 bits per heavy atom. The van der Waals surface area contributed by atoms with Crippen molar-refractivity contribution in [1.29, 1.82) is 5.26 Å². The van der Waals surface area contributed by atoms with Crippen LogP contribution in [-0.4, -0.2) is 13.2 Å². The highest BCUT2D eigenvalue weighted by molar-refractivity contribution is 6.14. The van der Waals surface area contributed by atoms with Crippen molar-refractivity contribution in [1.82, 2.24) is 0 Å². The van der Waals surface area contributed by atoms with Crippen LogP contribution in [0.25, 0.3) is 44.3 Å². The predicted octanol–water partition coefficient (Wildman–Crippen LogP) is 7.94. The number of nitriles is 1. The lowest BCUT2D eigenvalue weighted by Gasteiger charge is -2.22. The number of hydrogen-bond acceptors (Lipinski definition) is 3. The zero-order chi connectivity index (χ0) is 26.4. The molecule has 0 radical (unpaired) electrons.